The molecule has 2 heterocycles. The highest BCUT2D eigenvalue weighted by molar-refractivity contribution is 6.00. The van der Waals surface area contributed by atoms with Gasteiger partial charge in [0.15, 0.2) is 0 Å². The lowest BCUT2D eigenvalue weighted by molar-refractivity contribution is 0.0824. The first kappa shape index (κ1) is 17.9. The van der Waals surface area contributed by atoms with Gasteiger partial charge in [-0.15, -0.1) is 0 Å². The molecule has 26 heavy (non-hydrogen) atoms. The lowest BCUT2D eigenvalue weighted by atomic mass is 9.99. The normalized spacial score (nSPS) is 11.1. The van der Waals surface area contributed by atoms with Crippen molar-refractivity contribution in [2.24, 2.45) is 0 Å². The summed E-state index contributed by atoms with van der Waals surface area (Å²) >= 11 is 0. The van der Waals surface area contributed by atoms with Crippen LogP contribution in [0.15, 0.2) is 24.4 Å². The van der Waals surface area contributed by atoms with Crippen LogP contribution in [0.3, 0.4) is 0 Å². The zero-order valence-electron chi connectivity index (χ0n) is 14.9. The van der Waals surface area contributed by atoms with E-state index < -0.39 is 11.7 Å². The van der Waals surface area contributed by atoms with Gasteiger partial charge in [-0.1, -0.05) is 0 Å². The molecule has 0 unspecified atom stereocenters. The minimum absolute atomic E-state index is 0.00966. The summed E-state index contributed by atoms with van der Waals surface area (Å²) in [6.45, 7) is 1.92. The maximum atomic E-state index is 15.1. The summed E-state index contributed by atoms with van der Waals surface area (Å²) < 4.78 is 15.1. The standard InChI is InChI=1S/C19H21FN4O2/c1-10-12(6-7-25)14-8-11(9-22-18(14)23-10)13-4-5-15(21)16(17(13)20)19(26)24(2)3/h4-5,8-9,25H,6-7,21H2,1-3H3,(H,22,23). The van der Waals surface area contributed by atoms with Crippen LogP contribution in [0, 0.1) is 12.7 Å². The van der Waals surface area contributed by atoms with Gasteiger partial charge in [-0.3, -0.25) is 4.79 Å². The van der Waals surface area contributed by atoms with E-state index in [1.807, 2.05) is 13.0 Å². The van der Waals surface area contributed by atoms with E-state index in [0.29, 0.717) is 17.6 Å². The molecule has 0 aliphatic carbocycles. The van der Waals surface area contributed by atoms with E-state index in [0.717, 1.165) is 16.6 Å². The SMILES string of the molecule is Cc1[nH]c2ncc(-c3ccc(N)c(C(=O)N(C)C)c3F)cc2c1CCO. The van der Waals surface area contributed by atoms with Gasteiger partial charge < -0.3 is 20.7 Å². The Morgan fingerprint density at radius 3 is 2.77 bits per heavy atom. The molecule has 0 fully saturated rings. The number of benzene rings is 1. The van der Waals surface area contributed by atoms with E-state index in [2.05, 4.69) is 9.97 Å². The number of anilines is 1. The van der Waals surface area contributed by atoms with Gasteiger partial charge in [0.05, 0.1) is 5.56 Å². The molecule has 1 aromatic carbocycles. The number of pyridine rings is 1. The minimum Gasteiger partial charge on any atom is -0.398 e. The van der Waals surface area contributed by atoms with Crippen molar-refractivity contribution in [3.8, 4) is 11.1 Å². The number of H-pyrrole nitrogens is 1. The fraction of sp³-hybridized carbons (Fsp3) is 0.263. The minimum atomic E-state index is -0.666. The van der Waals surface area contributed by atoms with E-state index in [4.69, 9.17) is 5.73 Å². The number of carbonyl (C=O) groups excluding carboxylic acids is 1. The van der Waals surface area contributed by atoms with Crippen LogP contribution in [0.25, 0.3) is 22.2 Å². The third-order valence-electron chi connectivity index (χ3n) is 4.44. The number of aliphatic hydroxyl groups is 1. The molecule has 0 saturated heterocycles. The third-order valence-corrected chi connectivity index (χ3v) is 4.44. The van der Waals surface area contributed by atoms with Crippen LogP contribution in [0.2, 0.25) is 0 Å². The molecule has 2 aromatic heterocycles. The highest BCUT2D eigenvalue weighted by Gasteiger charge is 2.21. The highest BCUT2D eigenvalue weighted by atomic mass is 19.1. The fourth-order valence-corrected chi connectivity index (χ4v) is 3.09. The number of aliphatic hydroxyl groups excluding tert-OH is 1. The molecule has 0 bridgehead atoms. The van der Waals surface area contributed by atoms with Gasteiger partial charge in [0.2, 0.25) is 0 Å². The molecule has 7 heteroatoms. The molecule has 3 aromatic rings. The van der Waals surface area contributed by atoms with Crippen molar-refractivity contribution < 1.29 is 14.3 Å². The van der Waals surface area contributed by atoms with E-state index in [1.54, 1.807) is 26.4 Å². The Balaban J connectivity index is 2.19. The largest absolute Gasteiger partial charge is 0.398 e. The molecule has 0 saturated carbocycles. The van der Waals surface area contributed by atoms with E-state index in [-0.39, 0.29) is 23.4 Å². The Morgan fingerprint density at radius 2 is 2.12 bits per heavy atom. The Hall–Kier alpha value is -2.93. The van der Waals surface area contributed by atoms with Gasteiger partial charge in [-0.2, -0.15) is 0 Å². The van der Waals surface area contributed by atoms with Gasteiger partial charge in [0.1, 0.15) is 11.5 Å². The average Bonchev–Trinajstić information content (AvgIpc) is 2.90. The van der Waals surface area contributed by atoms with E-state index in [1.165, 1.54) is 11.0 Å². The van der Waals surface area contributed by atoms with Crippen LogP contribution in [-0.4, -0.2) is 46.6 Å². The number of nitrogens with two attached hydrogens (primary N) is 1. The van der Waals surface area contributed by atoms with Crippen molar-refractivity contribution in [2.45, 2.75) is 13.3 Å². The molecule has 0 aliphatic heterocycles. The van der Waals surface area contributed by atoms with Crippen LogP contribution < -0.4 is 5.73 Å². The van der Waals surface area contributed by atoms with Crippen molar-refractivity contribution in [3.05, 3.63) is 47.0 Å². The zero-order chi connectivity index (χ0) is 19.0. The molecule has 1 amide bonds. The van der Waals surface area contributed by atoms with Gasteiger partial charge >= 0.3 is 0 Å². The summed E-state index contributed by atoms with van der Waals surface area (Å²) in [6.07, 6.45) is 2.03. The van der Waals surface area contributed by atoms with Crippen LogP contribution in [-0.2, 0) is 6.42 Å². The van der Waals surface area contributed by atoms with E-state index in [9.17, 15) is 9.90 Å². The number of aryl methyl sites for hydroxylation is 1. The summed E-state index contributed by atoms with van der Waals surface area (Å²) in [5.41, 5.74) is 9.11. The first-order valence-corrected chi connectivity index (χ1v) is 8.23. The number of rotatable bonds is 4. The van der Waals surface area contributed by atoms with Crippen molar-refractivity contribution in [3.63, 3.8) is 0 Å². The van der Waals surface area contributed by atoms with Gasteiger partial charge in [-0.05, 0) is 37.1 Å². The monoisotopic (exact) mass is 356 g/mol. The highest BCUT2D eigenvalue weighted by Crippen LogP contribution is 2.31. The summed E-state index contributed by atoms with van der Waals surface area (Å²) in [5.74, 6) is -1.16. The molecule has 6 nitrogen and oxygen atoms in total. The van der Waals surface area contributed by atoms with Gasteiger partial charge in [0.25, 0.3) is 5.91 Å². The average molecular weight is 356 g/mol. The van der Waals surface area contributed by atoms with E-state index >= 15 is 4.39 Å². The molecule has 0 aliphatic rings. The molecule has 136 valence electrons. The second kappa shape index (κ2) is 6.76. The quantitative estimate of drug-likeness (QED) is 0.626. The Bertz CT molecular complexity index is 995. The van der Waals surface area contributed by atoms with Crippen LogP contribution in [0.1, 0.15) is 21.6 Å². The van der Waals surface area contributed by atoms with Gasteiger partial charge in [0, 0.05) is 54.8 Å². The van der Waals surface area contributed by atoms with Crippen LogP contribution in [0.4, 0.5) is 10.1 Å². The number of carbonyl (C=O) groups is 1. The lowest BCUT2D eigenvalue weighted by Gasteiger charge is -2.15. The van der Waals surface area contributed by atoms with Crippen molar-refractivity contribution in [1.82, 2.24) is 14.9 Å². The number of aromatic amines is 1. The number of hydrogen-bond acceptors (Lipinski definition) is 4. The van der Waals surface area contributed by atoms with Crippen LogP contribution in [0.5, 0.6) is 0 Å². The number of aromatic nitrogens is 2. The fourth-order valence-electron chi connectivity index (χ4n) is 3.09. The van der Waals surface area contributed by atoms with Crippen LogP contribution >= 0.6 is 0 Å². The maximum absolute atomic E-state index is 15.1. The van der Waals surface area contributed by atoms with Gasteiger partial charge in [-0.25, -0.2) is 9.37 Å². The molecule has 3 rings (SSSR count). The Kier molecular flexibility index (Phi) is 4.65. The zero-order valence-corrected chi connectivity index (χ0v) is 14.9. The smallest absolute Gasteiger partial charge is 0.258 e. The number of fused-ring (bicyclic) bond motifs is 1. The topological polar surface area (TPSA) is 95.2 Å². The lowest BCUT2D eigenvalue weighted by Crippen LogP contribution is -2.24. The number of nitrogen functional groups attached to an aromatic ring is 1. The summed E-state index contributed by atoms with van der Waals surface area (Å²) in [5, 5.41) is 10.1. The second-order valence-corrected chi connectivity index (χ2v) is 6.41. The molecule has 0 radical (unpaired) electrons. The number of hydrogen-bond donors (Lipinski definition) is 3. The summed E-state index contributed by atoms with van der Waals surface area (Å²) in [6, 6.07) is 4.89. The third kappa shape index (κ3) is 2.90. The molecule has 0 spiro atoms. The number of nitrogens with zero attached hydrogens (tertiary/aromatic N) is 2. The molecule has 0 atom stereocenters. The van der Waals surface area contributed by atoms with Crippen molar-refractivity contribution in [2.75, 3.05) is 26.4 Å². The number of halogens is 1. The first-order chi connectivity index (χ1) is 12.3. The first-order valence-electron chi connectivity index (χ1n) is 8.23. The second-order valence-electron chi connectivity index (χ2n) is 6.41. The Labute approximate surface area is 150 Å². The number of nitrogens with one attached hydrogen (secondary N) is 1. The predicted molar refractivity (Wildman–Crippen MR) is 99.4 cm³/mol. The van der Waals surface area contributed by atoms with Crippen molar-refractivity contribution >= 4 is 22.6 Å². The maximum Gasteiger partial charge on any atom is 0.258 e. The predicted octanol–water partition coefficient (Wildman–Crippen LogP) is 2.50. The summed E-state index contributed by atoms with van der Waals surface area (Å²) in [4.78, 5) is 21.1. The summed E-state index contributed by atoms with van der Waals surface area (Å²) in [7, 11) is 3.09. The molecular weight excluding hydrogens is 335 g/mol. The van der Waals surface area contributed by atoms with Crippen molar-refractivity contribution in [1.29, 1.82) is 0 Å². The molecular formula is C19H21FN4O2. The number of amides is 1. The Morgan fingerprint density at radius 1 is 1.38 bits per heavy atom. The molecule has 4 N–H and O–H groups in total.